The fraction of sp³-hybridized carbons (Fsp3) is 0.241. The first-order valence-corrected chi connectivity index (χ1v) is 13.0. The molecule has 1 aliphatic rings. The Morgan fingerprint density at radius 1 is 1.03 bits per heavy atom. The molecule has 6 nitrogen and oxygen atoms in total. The zero-order valence-corrected chi connectivity index (χ0v) is 22.1. The molecule has 3 heterocycles. The second-order valence-corrected chi connectivity index (χ2v) is 10.3. The van der Waals surface area contributed by atoms with Crippen molar-refractivity contribution in [3.8, 4) is 11.1 Å². The number of H-pyrrole nitrogens is 1. The van der Waals surface area contributed by atoms with Crippen molar-refractivity contribution in [2.75, 3.05) is 4.90 Å². The number of carbonyl (C=O) groups excluding carboxylic acids is 1. The van der Waals surface area contributed by atoms with Crippen molar-refractivity contribution >= 4 is 57.9 Å². The summed E-state index contributed by atoms with van der Waals surface area (Å²) in [5.41, 5.74) is 3.15. The molecule has 2 aromatic carbocycles. The highest BCUT2D eigenvalue weighted by molar-refractivity contribution is 6.39. The number of aromatic amines is 1. The molecule has 2 N–H and O–H groups in total. The van der Waals surface area contributed by atoms with Crippen LogP contribution in [0.2, 0.25) is 10.0 Å². The molecule has 0 amide bonds. The van der Waals surface area contributed by atoms with Crippen molar-refractivity contribution in [1.82, 2.24) is 9.55 Å². The lowest BCUT2D eigenvalue weighted by atomic mass is 9.96. The summed E-state index contributed by atoms with van der Waals surface area (Å²) < 4.78 is 1.60. The molecule has 0 bridgehead atoms. The van der Waals surface area contributed by atoms with Crippen LogP contribution in [0.5, 0.6) is 0 Å². The van der Waals surface area contributed by atoms with Gasteiger partial charge in [0.2, 0.25) is 0 Å². The van der Waals surface area contributed by atoms with Crippen molar-refractivity contribution < 1.29 is 14.7 Å². The van der Waals surface area contributed by atoms with Gasteiger partial charge in [0, 0.05) is 57.1 Å². The number of fused-ring (bicyclic) bond motifs is 1. The first-order chi connectivity index (χ1) is 17.8. The Morgan fingerprint density at radius 2 is 1.70 bits per heavy atom. The summed E-state index contributed by atoms with van der Waals surface area (Å²) in [4.78, 5) is 31.1. The number of anilines is 1. The van der Waals surface area contributed by atoms with Crippen molar-refractivity contribution in [2.45, 2.75) is 45.2 Å². The van der Waals surface area contributed by atoms with Crippen LogP contribution in [0, 0.1) is 0 Å². The fourth-order valence-corrected chi connectivity index (χ4v) is 6.04. The molecule has 190 valence electrons. The van der Waals surface area contributed by atoms with Crippen LogP contribution in [0.15, 0.2) is 60.9 Å². The van der Waals surface area contributed by atoms with Gasteiger partial charge in [-0.15, -0.1) is 0 Å². The van der Waals surface area contributed by atoms with Gasteiger partial charge in [-0.3, -0.25) is 9.36 Å². The number of hydrogen-bond acceptors (Lipinski definition) is 3. The monoisotopic (exact) mass is 535 g/mol. The van der Waals surface area contributed by atoms with Crippen molar-refractivity contribution in [1.29, 1.82) is 0 Å². The molecule has 0 radical (unpaired) electrons. The second-order valence-electron chi connectivity index (χ2n) is 9.50. The molecule has 1 fully saturated rings. The van der Waals surface area contributed by atoms with Gasteiger partial charge in [-0.25, -0.2) is 4.79 Å². The summed E-state index contributed by atoms with van der Waals surface area (Å²) >= 11 is 13.2. The van der Waals surface area contributed by atoms with Crippen molar-refractivity contribution in [3.05, 3.63) is 82.1 Å². The minimum Gasteiger partial charge on any atom is -0.478 e. The van der Waals surface area contributed by atoms with Crippen LogP contribution in [0.1, 0.15) is 49.0 Å². The van der Waals surface area contributed by atoms with E-state index in [1.165, 1.54) is 6.08 Å². The molecule has 8 heteroatoms. The van der Waals surface area contributed by atoms with Crippen molar-refractivity contribution in [3.63, 3.8) is 0 Å². The lowest BCUT2D eigenvalue weighted by Gasteiger charge is -2.40. The number of aliphatic carboxylic acids is 1. The van der Waals surface area contributed by atoms with Gasteiger partial charge < -0.3 is 15.0 Å². The van der Waals surface area contributed by atoms with Crippen LogP contribution in [0.3, 0.4) is 0 Å². The molecule has 37 heavy (non-hydrogen) atoms. The van der Waals surface area contributed by atoms with Crippen LogP contribution >= 0.6 is 23.2 Å². The molecular formula is C29H27Cl2N3O3. The first-order valence-electron chi connectivity index (χ1n) is 12.3. The van der Waals surface area contributed by atoms with Crippen LogP contribution in [0.4, 0.5) is 5.82 Å². The number of nitrogens with zero attached hydrogens (tertiary/aromatic N) is 2. The Balaban J connectivity index is 1.71. The summed E-state index contributed by atoms with van der Waals surface area (Å²) in [6.45, 7) is 4.36. The number of carbonyl (C=O) groups is 2. The highest BCUT2D eigenvalue weighted by Gasteiger charge is 2.33. The quantitative estimate of drug-likeness (QED) is 0.259. The zero-order valence-electron chi connectivity index (χ0n) is 20.5. The molecular weight excluding hydrogens is 509 g/mol. The van der Waals surface area contributed by atoms with E-state index in [-0.39, 0.29) is 18.0 Å². The summed E-state index contributed by atoms with van der Waals surface area (Å²) in [6, 6.07) is 13.1. The third kappa shape index (κ3) is 4.56. The van der Waals surface area contributed by atoms with Gasteiger partial charge in [-0.05, 0) is 69.0 Å². The predicted octanol–water partition coefficient (Wildman–Crippen LogP) is 7.50. The minimum atomic E-state index is -1.03. The van der Waals surface area contributed by atoms with Gasteiger partial charge in [0.15, 0.2) is 0 Å². The maximum Gasteiger partial charge on any atom is 0.328 e. The Morgan fingerprint density at radius 3 is 2.38 bits per heavy atom. The number of hydrogen-bond donors (Lipinski definition) is 2. The van der Waals surface area contributed by atoms with Crippen molar-refractivity contribution in [2.24, 2.45) is 0 Å². The number of piperidine rings is 1. The van der Waals surface area contributed by atoms with E-state index in [0.717, 1.165) is 36.5 Å². The number of aromatic nitrogens is 2. The fourth-order valence-electron chi connectivity index (χ4n) is 5.44. The Kier molecular flexibility index (Phi) is 6.88. The van der Waals surface area contributed by atoms with E-state index in [0.29, 0.717) is 37.8 Å². The van der Waals surface area contributed by atoms with E-state index < -0.39 is 5.97 Å². The third-order valence-corrected chi connectivity index (χ3v) is 7.78. The van der Waals surface area contributed by atoms with Crippen LogP contribution in [-0.2, 0) is 4.79 Å². The van der Waals surface area contributed by atoms with Crippen LogP contribution in [0.25, 0.3) is 28.1 Å². The van der Waals surface area contributed by atoms with E-state index in [9.17, 15) is 9.59 Å². The van der Waals surface area contributed by atoms with E-state index in [2.05, 4.69) is 23.7 Å². The number of halogens is 2. The molecule has 1 saturated heterocycles. The molecule has 2 aromatic heterocycles. The van der Waals surface area contributed by atoms with Crippen LogP contribution in [-0.4, -0.2) is 38.6 Å². The first kappa shape index (κ1) is 25.2. The maximum atomic E-state index is 14.4. The Labute approximate surface area is 225 Å². The van der Waals surface area contributed by atoms with Gasteiger partial charge in [0.1, 0.15) is 5.82 Å². The molecule has 0 spiro atoms. The summed E-state index contributed by atoms with van der Waals surface area (Å²) in [7, 11) is 0. The van der Waals surface area contributed by atoms with E-state index in [1.54, 1.807) is 29.0 Å². The SMILES string of the molecule is CC1CCCC(C)N1c1[nH]cc(-c2c(Cl)cccc2Cl)c1C(=O)n1ccc2c(/C=C/C(=O)O)cccc21. The lowest BCUT2D eigenvalue weighted by molar-refractivity contribution is -0.131. The summed E-state index contributed by atoms with van der Waals surface area (Å²) in [5, 5.41) is 10.8. The average molecular weight is 536 g/mol. The molecule has 4 aromatic rings. The lowest BCUT2D eigenvalue weighted by Crippen LogP contribution is -2.44. The second kappa shape index (κ2) is 10.1. The average Bonchev–Trinajstić information content (AvgIpc) is 3.47. The molecule has 1 aliphatic heterocycles. The topological polar surface area (TPSA) is 78.3 Å². The smallest absolute Gasteiger partial charge is 0.328 e. The van der Waals surface area contributed by atoms with Gasteiger partial charge in [-0.2, -0.15) is 0 Å². The zero-order chi connectivity index (χ0) is 26.3. The van der Waals surface area contributed by atoms with E-state index >= 15 is 0 Å². The Hall–Kier alpha value is -3.48. The molecule has 2 unspecified atom stereocenters. The van der Waals surface area contributed by atoms with Gasteiger partial charge in [0.25, 0.3) is 5.91 Å². The minimum absolute atomic E-state index is 0.221. The van der Waals surface area contributed by atoms with Crippen LogP contribution < -0.4 is 4.90 Å². The van der Waals surface area contributed by atoms with E-state index in [1.807, 2.05) is 30.5 Å². The summed E-state index contributed by atoms with van der Waals surface area (Å²) in [6.07, 6.45) is 9.37. The standard InChI is InChI=1S/C29H27Cl2N3O3/c1-17-6-3-7-18(2)34(17)28-27(21(16-32-28)26-22(30)9-5-10-23(26)31)29(37)33-15-14-20-19(12-13-25(35)36)8-4-11-24(20)33/h4-5,8-18,32H,3,6-7H2,1-2H3,(H,35,36)/b13-12+. The predicted molar refractivity (Wildman–Crippen MR) is 150 cm³/mol. The van der Waals surface area contributed by atoms with Gasteiger partial charge in [-0.1, -0.05) is 41.4 Å². The maximum absolute atomic E-state index is 14.4. The number of carboxylic acids is 1. The Bertz CT molecular complexity index is 1500. The highest BCUT2D eigenvalue weighted by atomic mass is 35.5. The number of carboxylic acid groups (broad SMARTS) is 1. The van der Waals surface area contributed by atoms with E-state index in [4.69, 9.17) is 28.3 Å². The number of nitrogens with one attached hydrogen (secondary N) is 1. The largest absolute Gasteiger partial charge is 0.478 e. The number of rotatable bonds is 5. The molecule has 5 rings (SSSR count). The van der Waals surface area contributed by atoms with Gasteiger partial charge in [0.05, 0.1) is 11.1 Å². The normalized spacial score (nSPS) is 18.1. The molecule has 2 atom stereocenters. The third-order valence-electron chi connectivity index (χ3n) is 7.15. The molecule has 0 saturated carbocycles. The highest BCUT2D eigenvalue weighted by Crippen LogP contribution is 2.42. The van der Waals surface area contributed by atoms with Gasteiger partial charge >= 0.3 is 5.97 Å². The number of benzene rings is 2. The summed E-state index contributed by atoms with van der Waals surface area (Å²) in [5.74, 6) is -0.503. The molecule has 0 aliphatic carbocycles.